The number of hydrogen-bond acceptors (Lipinski definition) is 5. The Hall–Kier alpha value is -2.46. The molecule has 0 aliphatic heterocycles. The van der Waals surface area contributed by atoms with Gasteiger partial charge in [-0.25, -0.2) is 4.21 Å². The van der Waals surface area contributed by atoms with Crippen molar-refractivity contribution in [3.63, 3.8) is 0 Å². The summed E-state index contributed by atoms with van der Waals surface area (Å²) in [5, 5.41) is 8.74. The Labute approximate surface area is 173 Å². The van der Waals surface area contributed by atoms with Crippen molar-refractivity contribution < 1.29 is 27.3 Å². The highest BCUT2D eigenvalue weighted by Gasteiger charge is 2.40. The van der Waals surface area contributed by atoms with E-state index in [-0.39, 0.29) is 17.7 Å². The SMILES string of the molecule is Cc1cncc(-c2ccc(C(CCS(=N)(=O)CC[C@H](N)C(=O)O)C(F)(F)F)cc2)c1. The first kappa shape index (κ1) is 23.8. The summed E-state index contributed by atoms with van der Waals surface area (Å²) in [7, 11) is -3.38. The Kier molecular flexibility index (Phi) is 7.59. The van der Waals surface area contributed by atoms with Gasteiger partial charge >= 0.3 is 12.1 Å². The molecule has 6 nitrogen and oxygen atoms in total. The number of halogens is 3. The van der Waals surface area contributed by atoms with Gasteiger partial charge in [0.15, 0.2) is 0 Å². The van der Waals surface area contributed by atoms with Crippen molar-refractivity contribution in [3.8, 4) is 11.1 Å². The quantitative estimate of drug-likeness (QED) is 0.543. The standard InChI is InChI=1S/C20H24F3N3O3S/c1-13-10-16(12-26-11-13)14-2-4-15(5-3-14)17(20(21,22)23)6-8-30(25,29)9-7-18(24)19(27)28/h2-5,10-12,17-18,25H,6-9,24H2,1H3,(H,27,28)/t17?,18-,30?/m0/s1. The fraction of sp³-hybridized carbons (Fsp3) is 0.400. The number of hydrogen-bond donors (Lipinski definition) is 3. The molecule has 0 bridgehead atoms. The number of nitrogens with zero attached hydrogens (tertiary/aromatic N) is 1. The van der Waals surface area contributed by atoms with Gasteiger partial charge in [-0.1, -0.05) is 24.3 Å². The summed E-state index contributed by atoms with van der Waals surface area (Å²) in [5.41, 5.74) is 7.78. The largest absolute Gasteiger partial charge is 0.480 e. The van der Waals surface area contributed by atoms with Gasteiger partial charge in [-0.05, 0) is 42.5 Å². The van der Waals surface area contributed by atoms with Crippen LogP contribution in [0, 0.1) is 11.7 Å². The number of nitrogens with two attached hydrogens (primary N) is 1. The first-order valence-corrected chi connectivity index (χ1v) is 11.1. The number of carbonyl (C=O) groups is 1. The fourth-order valence-corrected chi connectivity index (χ4v) is 4.45. The Balaban J connectivity index is 2.13. The highest BCUT2D eigenvalue weighted by Crippen LogP contribution is 2.38. The lowest BCUT2D eigenvalue weighted by molar-refractivity contribution is -0.150. The van der Waals surface area contributed by atoms with Gasteiger partial charge in [-0.2, -0.15) is 13.2 Å². The Morgan fingerprint density at radius 3 is 2.30 bits per heavy atom. The summed E-state index contributed by atoms with van der Waals surface area (Å²) in [6.07, 6.45) is -2.02. The maximum Gasteiger partial charge on any atom is 0.395 e. The molecule has 2 aromatic rings. The van der Waals surface area contributed by atoms with Crippen molar-refractivity contribution in [1.82, 2.24) is 4.98 Å². The molecule has 30 heavy (non-hydrogen) atoms. The maximum atomic E-state index is 13.6. The summed E-state index contributed by atoms with van der Waals surface area (Å²) in [5.74, 6) is -4.03. The van der Waals surface area contributed by atoms with E-state index in [1.54, 1.807) is 24.5 Å². The van der Waals surface area contributed by atoms with E-state index in [1.807, 2.05) is 13.0 Å². The van der Waals surface area contributed by atoms with Crippen LogP contribution in [0.3, 0.4) is 0 Å². The van der Waals surface area contributed by atoms with Crippen LogP contribution in [0.15, 0.2) is 42.7 Å². The number of nitrogens with one attached hydrogen (secondary N) is 1. The molecule has 3 atom stereocenters. The third kappa shape index (κ3) is 6.81. The molecule has 2 rings (SSSR count). The van der Waals surface area contributed by atoms with Gasteiger partial charge in [0.2, 0.25) is 0 Å². The second-order valence-electron chi connectivity index (χ2n) is 7.21. The minimum Gasteiger partial charge on any atom is -0.480 e. The zero-order chi connectivity index (χ0) is 22.5. The van der Waals surface area contributed by atoms with E-state index in [4.69, 9.17) is 15.6 Å². The normalized spacial score (nSPS) is 15.9. The van der Waals surface area contributed by atoms with Crippen LogP contribution in [0.2, 0.25) is 0 Å². The number of alkyl halides is 3. The number of rotatable bonds is 9. The van der Waals surface area contributed by atoms with E-state index in [1.165, 1.54) is 12.1 Å². The lowest BCUT2D eigenvalue weighted by atomic mass is 9.94. The van der Waals surface area contributed by atoms with Crippen molar-refractivity contribution >= 4 is 15.7 Å². The van der Waals surface area contributed by atoms with Crippen LogP contribution in [-0.2, 0) is 14.5 Å². The van der Waals surface area contributed by atoms with Crippen molar-refractivity contribution in [2.75, 3.05) is 11.5 Å². The van der Waals surface area contributed by atoms with Gasteiger partial charge in [0, 0.05) is 39.2 Å². The number of benzene rings is 1. The van der Waals surface area contributed by atoms with Crippen LogP contribution in [0.1, 0.15) is 29.9 Å². The zero-order valence-corrected chi connectivity index (χ0v) is 17.2. The number of carboxylic acids is 1. The maximum absolute atomic E-state index is 13.6. The second-order valence-corrected chi connectivity index (χ2v) is 9.65. The van der Waals surface area contributed by atoms with E-state index in [0.29, 0.717) is 0 Å². The lowest BCUT2D eigenvalue weighted by Crippen LogP contribution is -2.32. The third-order valence-electron chi connectivity index (χ3n) is 4.73. The fourth-order valence-electron chi connectivity index (χ4n) is 2.99. The summed E-state index contributed by atoms with van der Waals surface area (Å²) >= 11 is 0. The Bertz CT molecular complexity index is 977. The molecule has 0 saturated carbocycles. The first-order valence-electron chi connectivity index (χ1n) is 9.20. The molecule has 0 amide bonds. The predicted octanol–water partition coefficient (Wildman–Crippen LogP) is 3.94. The van der Waals surface area contributed by atoms with Crippen LogP contribution in [-0.4, -0.2) is 44.0 Å². The average molecular weight is 443 g/mol. The topological polar surface area (TPSA) is 117 Å². The zero-order valence-electron chi connectivity index (χ0n) is 16.4. The Morgan fingerprint density at radius 1 is 1.17 bits per heavy atom. The van der Waals surface area contributed by atoms with E-state index in [9.17, 15) is 22.2 Å². The molecule has 0 radical (unpaired) electrons. The minimum atomic E-state index is -4.57. The molecule has 1 heterocycles. The molecule has 4 N–H and O–H groups in total. The van der Waals surface area contributed by atoms with Crippen molar-refractivity contribution in [2.45, 2.75) is 37.9 Å². The molecule has 0 aliphatic rings. The predicted molar refractivity (Wildman–Crippen MR) is 109 cm³/mol. The smallest absolute Gasteiger partial charge is 0.395 e. The summed E-state index contributed by atoms with van der Waals surface area (Å²) < 4.78 is 60.9. The number of aryl methyl sites for hydroxylation is 1. The molecular weight excluding hydrogens is 419 g/mol. The van der Waals surface area contributed by atoms with Gasteiger partial charge in [-0.3, -0.25) is 14.6 Å². The summed E-state index contributed by atoms with van der Waals surface area (Å²) in [6.45, 7) is 1.87. The van der Waals surface area contributed by atoms with Crippen molar-refractivity contribution in [2.24, 2.45) is 5.73 Å². The van der Waals surface area contributed by atoms with Crippen LogP contribution < -0.4 is 5.73 Å². The average Bonchev–Trinajstić information content (AvgIpc) is 2.65. The van der Waals surface area contributed by atoms with E-state index >= 15 is 0 Å². The first-order chi connectivity index (χ1) is 13.9. The number of carboxylic acid groups (broad SMARTS) is 1. The molecule has 10 heteroatoms. The second kappa shape index (κ2) is 9.57. The molecule has 1 aromatic carbocycles. The molecule has 0 spiro atoms. The van der Waals surface area contributed by atoms with E-state index in [0.717, 1.165) is 16.7 Å². The van der Waals surface area contributed by atoms with Crippen molar-refractivity contribution in [1.29, 1.82) is 4.78 Å². The van der Waals surface area contributed by atoms with Crippen LogP contribution >= 0.6 is 0 Å². The number of aromatic nitrogens is 1. The summed E-state index contributed by atoms with van der Waals surface area (Å²) in [6, 6.07) is 6.49. The lowest BCUT2D eigenvalue weighted by Gasteiger charge is -2.22. The number of aliphatic carboxylic acids is 1. The van der Waals surface area contributed by atoms with E-state index < -0.39 is 46.0 Å². The monoisotopic (exact) mass is 443 g/mol. The minimum absolute atomic E-state index is 0.0179. The molecule has 0 saturated heterocycles. The highest BCUT2D eigenvalue weighted by atomic mass is 32.2. The van der Waals surface area contributed by atoms with Gasteiger partial charge < -0.3 is 10.8 Å². The third-order valence-corrected chi connectivity index (χ3v) is 6.52. The highest BCUT2D eigenvalue weighted by molar-refractivity contribution is 7.92. The van der Waals surface area contributed by atoms with Gasteiger partial charge in [0.05, 0.1) is 5.92 Å². The molecule has 0 aliphatic carbocycles. The number of pyridine rings is 1. The Morgan fingerprint density at radius 2 is 1.77 bits per heavy atom. The molecule has 0 fully saturated rings. The van der Waals surface area contributed by atoms with Crippen LogP contribution in [0.4, 0.5) is 13.2 Å². The van der Waals surface area contributed by atoms with Gasteiger partial charge in [0.25, 0.3) is 0 Å². The van der Waals surface area contributed by atoms with Crippen LogP contribution in [0.25, 0.3) is 11.1 Å². The van der Waals surface area contributed by atoms with Crippen molar-refractivity contribution in [3.05, 3.63) is 53.9 Å². The molecule has 1 aromatic heterocycles. The molecular formula is C20H24F3N3O3S. The molecule has 2 unspecified atom stereocenters. The van der Waals surface area contributed by atoms with E-state index in [2.05, 4.69) is 4.98 Å². The van der Waals surface area contributed by atoms with Gasteiger partial charge in [0.1, 0.15) is 6.04 Å². The van der Waals surface area contributed by atoms with Crippen LogP contribution in [0.5, 0.6) is 0 Å². The van der Waals surface area contributed by atoms with Gasteiger partial charge in [-0.15, -0.1) is 0 Å². The molecule has 164 valence electrons. The summed E-state index contributed by atoms with van der Waals surface area (Å²) in [4.78, 5) is 14.8.